The maximum Gasteiger partial charge on any atom is 0.469 e. The largest absolute Gasteiger partial charge is 0.469 e. The van der Waals surface area contributed by atoms with E-state index in [0.29, 0.717) is 5.56 Å². The number of hydrogen-bond acceptors (Lipinski definition) is 4. The molecule has 2 N–H and O–H groups in total. The molecule has 0 unspecified atom stereocenters. The minimum absolute atomic E-state index is 0.339. The Morgan fingerprint density at radius 1 is 1.39 bits per heavy atom. The summed E-state index contributed by atoms with van der Waals surface area (Å²) in [6, 6.07) is 2.28. The number of phosphoric acid groups is 1. The van der Waals surface area contributed by atoms with Crippen LogP contribution in [0.15, 0.2) is 17.0 Å². The second-order valence-corrected chi connectivity index (χ2v) is 6.98. The summed E-state index contributed by atoms with van der Waals surface area (Å²) < 4.78 is 51.2. The summed E-state index contributed by atoms with van der Waals surface area (Å²) in [6.45, 7) is 0.685. The van der Waals surface area contributed by atoms with Gasteiger partial charge in [0.2, 0.25) is 0 Å². The quantitative estimate of drug-likeness (QED) is 0.809. The number of rotatable bonds is 4. The van der Waals surface area contributed by atoms with Gasteiger partial charge in [0.05, 0.1) is 11.5 Å². The van der Waals surface area contributed by atoms with E-state index in [9.17, 15) is 17.4 Å². The van der Waals surface area contributed by atoms with Gasteiger partial charge < -0.3 is 9.79 Å². The molecule has 0 radical (unpaired) electrons. The van der Waals surface area contributed by atoms with Crippen molar-refractivity contribution in [2.75, 3.05) is 6.26 Å². The first-order valence-corrected chi connectivity index (χ1v) is 8.12. The number of benzene rings is 1. The van der Waals surface area contributed by atoms with Crippen LogP contribution in [0.5, 0.6) is 0 Å². The zero-order valence-electron chi connectivity index (χ0n) is 9.62. The monoisotopic (exact) mass is 298 g/mol. The van der Waals surface area contributed by atoms with Crippen molar-refractivity contribution in [3.8, 4) is 0 Å². The van der Waals surface area contributed by atoms with Crippen LogP contribution in [0, 0.1) is 12.7 Å². The van der Waals surface area contributed by atoms with Crippen molar-refractivity contribution in [2.45, 2.75) is 18.4 Å². The molecule has 102 valence electrons. The molecule has 0 saturated heterocycles. The van der Waals surface area contributed by atoms with Crippen molar-refractivity contribution >= 4 is 17.7 Å². The van der Waals surface area contributed by atoms with Crippen LogP contribution in [0.3, 0.4) is 0 Å². The Morgan fingerprint density at radius 3 is 2.39 bits per heavy atom. The molecule has 0 aliphatic carbocycles. The van der Waals surface area contributed by atoms with E-state index in [4.69, 9.17) is 9.79 Å². The van der Waals surface area contributed by atoms with Gasteiger partial charge in [0.25, 0.3) is 0 Å². The lowest BCUT2D eigenvalue weighted by molar-refractivity contribution is 0.185. The second kappa shape index (κ2) is 5.07. The fraction of sp³-hybridized carbons (Fsp3) is 0.333. The van der Waals surface area contributed by atoms with Crippen LogP contribution in [0.1, 0.15) is 11.1 Å². The Balaban J connectivity index is 3.30. The molecule has 0 fully saturated rings. The van der Waals surface area contributed by atoms with Crippen LogP contribution < -0.4 is 0 Å². The van der Waals surface area contributed by atoms with E-state index in [1.165, 1.54) is 13.0 Å². The molecule has 0 atom stereocenters. The normalized spacial score (nSPS) is 12.7. The third-order valence-corrected chi connectivity index (χ3v) is 3.70. The summed E-state index contributed by atoms with van der Waals surface area (Å²) in [4.78, 5) is 16.7. The molecule has 18 heavy (non-hydrogen) atoms. The molecule has 6 nitrogen and oxygen atoms in total. The van der Waals surface area contributed by atoms with Gasteiger partial charge in [-0.25, -0.2) is 17.4 Å². The summed E-state index contributed by atoms with van der Waals surface area (Å²) in [5, 5.41) is 0. The van der Waals surface area contributed by atoms with Crippen molar-refractivity contribution in [1.29, 1.82) is 0 Å². The summed E-state index contributed by atoms with van der Waals surface area (Å²) in [5.74, 6) is -0.885. The predicted octanol–water partition coefficient (Wildman–Crippen LogP) is 1.15. The fourth-order valence-electron chi connectivity index (χ4n) is 1.36. The molecule has 0 aliphatic rings. The van der Waals surface area contributed by atoms with Gasteiger partial charge in [0.15, 0.2) is 9.84 Å². The zero-order valence-corrected chi connectivity index (χ0v) is 11.3. The number of phosphoric ester groups is 1. The molecule has 9 heteroatoms. The van der Waals surface area contributed by atoms with Gasteiger partial charge in [0.1, 0.15) is 5.82 Å². The van der Waals surface area contributed by atoms with Crippen LogP contribution in [0.2, 0.25) is 0 Å². The maximum absolute atomic E-state index is 13.6. The summed E-state index contributed by atoms with van der Waals surface area (Å²) in [5.41, 5.74) is -0.0146. The van der Waals surface area contributed by atoms with Crippen molar-refractivity contribution in [3.63, 3.8) is 0 Å². The molecule has 0 heterocycles. The number of aryl methyl sites for hydroxylation is 1. The predicted molar refractivity (Wildman–Crippen MR) is 61.1 cm³/mol. The third kappa shape index (κ3) is 4.15. The van der Waals surface area contributed by atoms with E-state index in [2.05, 4.69) is 4.52 Å². The number of halogens is 1. The van der Waals surface area contributed by atoms with E-state index >= 15 is 0 Å². The van der Waals surface area contributed by atoms with Gasteiger partial charge in [-0.3, -0.25) is 4.52 Å². The molecule has 0 aliphatic heterocycles. The van der Waals surface area contributed by atoms with Crippen molar-refractivity contribution < 1.29 is 31.7 Å². The first kappa shape index (κ1) is 15.3. The Kier molecular flexibility index (Phi) is 4.30. The van der Waals surface area contributed by atoms with Crippen LogP contribution >= 0.6 is 7.82 Å². The van der Waals surface area contributed by atoms with E-state index in [0.717, 1.165) is 12.3 Å². The van der Waals surface area contributed by atoms with Crippen molar-refractivity contribution in [3.05, 3.63) is 29.1 Å². The number of sulfone groups is 1. The highest BCUT2D eigenvalue weighted by molar-refractivity contribution is 7.90. The first-order chi connectivity index (χ1) is 8.00. The highest BCUT2D eigenvalue weighted by atomic mass is 32.2. The standard InChI is InChI=1S/C9H12FO6PS/c1-6-3-8(10)7(5-16-17(11,12)13)9(4-6)18(2,14)15/h3-4H,5H2,1-2H3,(H2,11,12,13). The molecular weight excluding hydrogens is 286 g/mol. The Morgan fingerprint density at radius 2 is 1.94 bits per heavy atom. The van der Waals surface area contributed by atoms with Crippen LogP contribution in [0.25, 0.3) is 0 Å². The SMILES string of the molecule is Cc1cc(F)c(COP(=O)(O)O)c(S(C)(=O)=O)c1. The van der Waals surface area contributed by atoms with E-state index < -0.39 is 35.6 Å². The van der Waals surface area contributed by atoms with Gasteiger partial charge in [-0.05, 0) is 24.6 Å². The average molecular weight is 298 g/mol. The lowest BCUT2D eigenvalue weighted by Gasteiger charge is -2.11. The minimum atomic E-state index is -4.80. The van der Waals surface area contributed by atoms with Gasteiger partial charge in [-0.1, -0.05) is 0 Å². The van der Waals surface area contributed by atoms with E-state index in [-0.39, 0.29) is 4.90 Å². The molecule has 0 spiro atoms. The molecule has 0 amide bonds. The zero-order chi connectivity index (χ0) is 14.1. The Labute approximate surface area is 104 Å². The highest BCUT2D eigenvalue weighted by Crippen LogP contribution is 2.38. The Hall–Kier alpha value is -0.790. The average Bonchev–Trinajstić information content (AvgIpc) is 2.12. The lowest BCUT2D eigenvalue weighted by atomic mass is 10.1. The summed E-state index contributed by atoms with van der Waals surface area (Å²) >= 11 is 0. The molecule has 1 aromatic rings. The molecule has 0 bridgehead atoms. The number of hydrogen-bond donors (Lipinski definition) is 2. The lowest BCUT2D eigenvalue weighted by Crippen LogP contribution is -2.07. The molecule has 1 aromatic carbocycles. The van der Waals surface area contributed by atoms with E-state index in [1.54, 1.807) is 0 Å². The summed E-state index contributed by atoms with van der Waals surface area (Å²) in [6.07, 6.45) is 0.877. The molecule has 0 aromatic heterocycles. The van der Waals surface area contributed by atoms with Gasteiger partial charge in [-0.2, -0.15) is 0 Å². The van der Waals surface area contributed by atoms with Gasteiger partial charge in [-0.15, -0.1) is 0 Å². The summed E-state index contributed by atoms with van der Waals surface area (Å²) in [7, 11) is -8.52. The minimum Gasteiger partial charge on any atom is -0.303 e. The molecular formula is C9H12FO6PS. The molecule has 0 saturated carbocycles. The van der Waals surface area contributed by atoms with Crippen LogP contribution in [0.4, 0.5) is 4.39 Å². The van der Waals surface area contributed by atoms with Crippen LogP contribution in [-0.4, -0.2) is 24.5 Å². The first-order valence-electron chi connectivity index (χ1n) is 4.70. The maximum atomic E-state index is 13.6. The highest BCUT2D eigenvalue weighted by Gasteiger charge is 2.22. The third-order valence-electron chi connectivity index (χ3n) is 2.08. The fourth-order valence-corrected chi connectivity index (χ4v) is 2.66. The Bertz CT molecular complexity index is 606. The molecule has 1 rings (SSSR count). The van der Waals surface area contributed by atoms with Gasteiger partial charge in [0, 0.05) is 11.8 Å². The van der Waals surface area contributed by atoms with Crippen LogP contribution in [-0.2, 0) is 25.5 Å². The van der Waals surface area contributed by atoms with Gasteiger partial charge >= 0.3 is 7.82 Å². The van der Waals surface area contributed by atoms with Crippen molar-refractivity contribution in [2.24, 2.45) is 0 Å². The van der Waals surface area contributed by atoms with Crippen molar-refractivity contribution in [1.82, 2.24) is 0 Å². The topological polar surface area (TPSA) is 101 Å². The van der Waals surface area contributed by atoms with E-state index in [1.807, 2.05) is 0 Å². The smallest absolute Gasteiger partial charge is 0.303 e. The second-order valence-electron chi connectivity index (χ2n) is 3.76.